The van der Waals surface area contributed by atoms with Crippen LogP contribution in [-0.2, 0) is 9.53 Å². The predicted octanol–water partition coefficient (Wildman–Crippen LogP) is 3.93. The average Bonchev–Trinajstić information content (AvgIpc) is 3.30. The smallest absolute Gasteiger partial charge is 0.305 e. The van der Waals surface area contributed by atoms with Crippen molar-refractivity contribution in [2.75, 3.05) is 20.3 Å². The lowest BCUT2D eigenvalue weighted by Crippen LogP contribution is -2.39. The van der Waals surface area contributed by atoms with E-state index in [1.165, 1.54) is 7.11 Å². The third-order valence-corrected chi connectivity index (χ3v) is 6.20. The summed E-state index contributed by atoms with van der Waals surface area (Å²) in [6.07, 6.45) is 4.11. The number of carbonyl (C=O) groups is 2. The molecule has 1 amide bonds. The number of rotatable bonds is 8. The molecule has 2 heterocycles. The molecule has 2 atom stereocenters. The highest BCUT2D eigenvalue weighted by Crippen LogP contribution is 2.29. The van der Waals surface area contributed by atoms with Crippen molar-refractivity contribution in [1.29, 1.82) is 5.41 Å². The number of hydrogen-bond donors (Lipinski definition) is 2. The highest BCUT2D eigenvalue weighted by molar-refractivity contribution is 5.95. The minimum Gasteiger partial charge on any atom is -0.491 e. The van der Waals surface area contributed by atoms with Gasteiger partial charge in [-0.05, 0) is 47.7 Å². The molecule has 0 bridgehead atoms. The second kappa shape index (κ2) is 12.2. The molecule has 1 aliphatic rings. The Morgan fingerprint density at radius 2 is 1.61 bits per heavy atom. The lowest BCUT2D eigenvalue weighted by atomic mass is 10.0. The second-order valence-electron chi connectivity index (χ2n) is 8.56. The molecule has 36 heavy (non-hydrogen) atoms. The van der Waals surface area contributed by atoms with Gasteiger partial charge in [0.25, 0.3) is 5.91 Å². The molecule has 1 aromatic heterocycles. The fourth-order valence-electron chi connectivity index (χ4n) is 4.33. The Morgan fingerprint density at radius 1 is 1.00 bits per heavy atom. The molecule has 0 unspecified atom stereocenters. The normalized spacial score (nSPS) is 16.6. The highest BCUT2D eigenvalue weighted by Gasteiger charge is 2.37. The minimum absolute atomic E-state index is 0. The number of nitrogens with two attached hydrogens (primary N) is 1. The van der Waals surface area contributed by atoms with Crippen LogP contribution in [0.25, 0.3) is 11.1 Å². The van der Waals surface area contributed by atoms with Crippen LogP contribution in [0.3, 0.4) is 0 Å². The van der Waals surface area contributed by atoms with Gasteiger partial charge in [-0.25, -0.2) is 0 Å². The van der Waals surface area contributed by atoms with Gasteiger partial charge in [-0.1, -0.05) is 36.4 Å². The van der Waals surface area contributed by atoms with Gasteiger partial charge in [0, 0.05) is 30.1 Å². The first kappa shape index (κ1) is 26.7. The Bertz CT molecular complexity index is 1190. The standard InChI is InChI=1S/C27H28N4O4.ClH/c1-34-25(32)15-18-14-23(31(16-18)27(33)22-10-12-30-13-11-22)17-35-24-8-6-20(7-9-24)19-2-4-21(5-3-19)26(28)29;/h2-13,18,23H,14-17H2,1H3,(H3,28,29);1H/t18-,23-;/m0./s1. The van der Waals surface area contributed by atoms with Crippen molar-refractivity contribution in [3.63, 3.8) is 0 Å². The Labute approximate surface area is 216 Å². The lowest BCUT2D eigenvalue weighted by molar-refractivity contribution is -0.141. The summed E-state index contributed by atoms with van der Waals surface area (Å²) in [5.41, 5.74) is 8.79. The molecule has 1 saturated heterocycles. The van der Waals surface area contributed by atoms with E-state index in [2.05, 4.69) is 4.98 Å². The molecule has 2 aromatic carbocycles. The predicted molar refractivity (Wildman–Crippen MR) is 139 cm³/mol. The Balaban J connectivity index is 0.00000361. The van der Waals surface area contributed by atoms with Crippen LogP contribution >= 0.6 is 12.4 Å². The number of nitrogen functional groups attached to an aromatic ring is 1. The largest absolute Gasteiger partial charge is 0.491 e. The van der Waals surface area contributed by atoms with E-state index in [0.29, 0.717) is 36.4 Å². The lowest BCUT2D eigenvalue weighted by Gasteiger charge is -2.25. The van der Waals surface area contributed by atoms with Crippen LogP contribution in [0.1, 0.15) is 28.8 Å². The first-order valence-corrected chi connectivity index (χ1v) is 11.4. The van der Waals surface area contributed by atoms with E-state index in [-0.39, 0.29) is 48.5 Å². The monoisotopic (exact) mass is 508 g/mol. The molecular weight excluding hydrogens is 480 g/mol. The van der Waals surface area contributed by atoms with Gasteiger partial charge in [0.2, 0.25) is 0 Å². The third kappa shape index (κ3) is 6.40. The van der Waals surface area contributed by atoms with E-state index in [9.17, 15) is 9.59 Å². The fourth-order valence-corrected chi connectivity index (χ4v) is 4.33. The number of aromatic nitrogens is 1. The summed E-state index contributed by atoms with van der Waals surface area (Å²) in [4.78, 5) is 30.7. The first-order chi connectivity index (χ1) is 16.9. The quantitative estimate of drug-likeness (QED) is 0.270. The average molecular weight is 509 g/mol. The number of hydrogen-bond acceptors (Lipinski definition) is 6. The zero-order valence-corrected chi connectivity index (χ0v) is 20.7. The summed E-state index contributed by atoms with van der Waals surface area (Å²) in [5, 5.41) is 7.51. The number of pyridine rings is 1. The van der Waals surface area contributed by atoms with Gasteiger partial charge in [-0.3, -0.25) is 20.0 Å². The SMILES string of the molecule is COC(=O)C[C@@H]1C[C@@H](COc2ccc(-c3ccc(C(=N)N)cc3)cc2)N(C(=O)c2ccncc2)C1.Cl. The molecule has 1 fully saturated rings. The van der Waals surface area contributed by atoms with Gasteiger partial charge < -0.3 is 20.1 Å². The summed E-state index contributed by atoms with van der Waals surface area (Å²) in [5.74, 6) is 0.374. The van der Waals surface area contributed by atoms with Gasteiger partial charge in [-0.15, -0.1) is 12.4 Å². The summed E-state index contributed by atoms with van der Waals surface area (Å²) in [6.45, 7) is 0.792. The zero-order chi connectivity index (χ0) is 24.8. The van der Waals surface area contributed by atoms with Crippen LogP contribution in [-0.4, -0.2) is 53.9 Å². The van der Waals surface area contributed by atoms with Gasteiger partial charge in [0.15, 0.2) is 0 Å². The number of amides is 1. The maximum atomic E-state index is 13.1. The first-order valence-electron chi connectivity index (χ1n) is 11.4. The highest BCUT2D eigenvalue weighted by atomic mass is 35.5. The van der Waals surface area contributed by atoms with Crippen molar-refractivity contribution in [3.05, 3.63) is 84.2 Å². The van der Waals surface area contributed by atoms with Crippen molar-refractivity contribution in [3.8, 4) is 16.9 Å². The van der Waals surface area contributed by atoms with Crippen LogP contribution in [0.15, 0.2) is 73.1 Å². The van der Waals surface area contributed by atoms with Crippen molar-refractivity contribution in [1.82, 2.24) is 9.88 Å². The molecule has 3 aromatic rings. The molecule has 9 heteroatoms. The fraction of sp³-hybridized carbons (Fsp3) is 0.259. The van der Waals surface area contributed by atoms with Gasteiger partial charge in [0.1, 0.15) is 18.2 Å². The van der Waals surface area contributed by atoms with Crippen LogP contribution < -0.4 is 10.5 Å². The van der Waals surface area contributed by atoms with Crippen LogP contribution in [0.4, 0.5) is 0 Å². The number of ether oxygens (including phenoxy) is 2. The maximum absolute atomic E-state index is 13.1. The molecular formula is C27H29ClN4O4. The minimum atomic E-state index is -0.278. The summed E-state index contributed by atoms with van der Waals surface area (Å²) < 4.78 is 10.9. The van der Waals surface area contributed by atoms with E-state index in [0.717, 1.165) is 11.1 Å². The van der Waals surface area contributed by atoms with Crippen LogP contribution in [0.5, 0.6) is 5.75 Å². The van der Waals surface area contributed by atoms with Gasteiger partial charge in [0.05, 0.1) is 19.6 Å². The molecule has 4 rings (SSSR count). The number of nitrogens with one attached hydrogen (secondary N) is 1. The van der Waals surface area contributed by atoms with E-state index in [1.54, 1.807) is 29.4 Å². The van der Waals surface area contributed by atoms with Crippen molar-refractivity contribution < 1.29 is 19.1 Å². The van der Waals surface area contributed by atoms with Crippen LogP contribution in [0, 0.1) is 11.3 Å². The third-order valence-electron chi connectivity index (χ3n) is 6.20. The number of nitrogens with zero attached hydrogens (tertiary/aromatic N) is 2. The topological polar surface area (TPSA) is 119 Å². The second-order valence-corrected chi connectivity index (χ2v) is 8.56. The zero-order valence-electron chi connectivity index (χ0n) is 19.9. The van der Waals surface area contributed by atoms with Crippen molar-refractivity contribution in [2.45, 2.75) is 18.9 Å². The van der Waals surface area contributed by atoms with Crippen LogP contribution in [0.2, 0.25) is 0 Å². The number of benzene rings is 2. The van der Waals surface area contributed by atoms with Gasteiger partial charge >= 0.3 is 5.97 Å². The number of halogens is 1. The van der Waals surface area contributed by atoms with E-state index in [4.69, 9.17) is 20.6 Å². The Morgan fingerprint density at radius 3 is 2.19 bits per heavy atom. The van der Waals surface area contributed by atoms with Crippen molar-refractivity contribution >= 4 is 30.1 Å². The number of likely N-dealkylation sites (tertiary alicyclic amines) is 1. The summed E-state index contributed by atoms with van der Waals surface area (Å²) in [6, 6.07) is 18.4. The molecule has 0 spiro atoms. The van der Waals surface area contributed by atoms with E-state index in [1.807, 2.05) is 48.5 Å². The molecule has 0 radical (unpaired) electrons. The maximum Gasteiger partial charge on any atom is 0.305 e. The number of carbonyl (C=O) groups excluding carboxylic acids is 2. The van der Waals surface area contributed by atoms with Crippen molar-refractivity contribution in [2.24, 2.45) is 11.7 Å². The molecule has 0 aliphatic carbocycles. The molecule has 1 aliphatic heterocycles. The molecule has 0 saturated carbocycles. The Kier molecular flexibility index (Phi) is 9.02. The summed E-state index contributed by atoms with van der Waals surface area (Å²) in [7, 11) is 1.37. The number of esters is 1. The molecule has 8 nitrogen and oxygen atoms in total. The number of methoxy groups -OCH3 is 1. The summed E-state index contributed by atoms with van der Waals surface area (Å²) >= 11 is 0. The molecule has 3 N–H and O–H groups in total. The number of amidine groups is 1. The van der Waals surface area contributed by atoms with E-state index >= 15 is 0 Å². The van der Waals surface area contributed by atoms with Gasteiger partial charge in [-0.2, -0.15) is 0 Å². The molecule has 188 valence electrons. The van der Waals surface area contributed by atoms with E-state index < -0.39 is 0 Å². The Hall–Kier alpha value is -3.91.